The van der Waals surface area contributed by atoms with Gasteiger partial charge in [-0.05, 0) is 56.3 Å². The van der Waals surface area contributed by atoms with Gasteiger partial charge in [0, 0.05) is 10.2 Å². The average Bonchev–Trinajstić information content (AvgIpc) is 2.69. The summed E-state index contributed by atoms with van der Waals surface area (Å²) >= 11 is 0. The van der Waals surface area contributed by atoms with E-state index in [9.17, 15) is 4.79 Å². The third kappa shape index (κ3) is 4.51. The summed E-state index contributed by atoms with van der Waals surface area (Å²) < 4.78 is 6.22. The highest BCUT2D eigenvalue weighted by molar-refractivity contribution is 6.27. The molecule has 0 aliphatic heterocycles. The predicted molar refractivity (Wildman–Crippen MR) is 108 cm³/mol. The number of hydrogen-bond acceptors (Lipinski definition) is 2. The molecule has 0 heterocycles. The second kappa shape index (κ2) is 9.06. The lowest BCUT2D eigenvalue weighted by atomic mass is 9.67. The van der Waals surface area contributed by atoms with Crippen LogP contribution in [0.5, 0.6) is 0 Å². The first-order valence-corrected chi connectivity index (χ1v) is 12.3. The lowest BCUT2D eigenvalue weighted by Crippen LogP contribution is -2.44. The molecule has 0 saturated heterocycles. The van der Waals surface area contributed by atoms with Gasteiger partial charge in [0.05, 0.1) is 5.04 Å². The largest absolute Gasteiger partial charge is 0.462 e. The van der Waals surface area contributed by atoms with Crippen molar-refractivity contribution in [1.82, 2.24) is 0 Å². The fraction of sp³-hybridized carbons (Fsp3) is 0.955. The summed E-state index contributed by atoms with van der Waals surface area (Å²) in [4.78, 5) is 13.5. The zero-order valence-electron chi connectivity index (χ0n) is 16.7. The Hall–Kier alpha value is -0.313. The van der Waals surface area contributed by atoms with Crippen LogP contribution in [0.4, 0.5) is 0 Å². The first kappa shape index (κ1) is 19.4. The molecule has 2 nitrogen and oxygen atoms in total. The highest BCUT2D eigenvalue weighted by Gasteiger charge is 2.49. The molecule has 2 unspecified atom stereocenters. The maximum atomic E-state index is 13.5. The normalized spacial score (nSPS) is 28.4. The van der Waals surface area contributed by atoms with Crippen molar-refractivity contribution >= 4 is 16.2 Å². The van der Waals surface area contributed by atoms with Gasteiger partial charge in [0.1, 0.15) is 6.10 Å². The first-order valence-electron chi connectivity index (χ1n) is 11.3. The van der Waals surface area contributed by atoms with Gasteiger partial charge >= 0.3 is 5.97 Å². The van der Waals surface area contributed by atoms with Gasteiger partial charge in [0.25, 0.3) is 0 Å². The minimum atomic E-state index is -0.125. The van der Waals surface area contributed by atoms with Crippen molar-refractivity contribution in [2.75, 3.05) is 0 Å². The van der Waals surface area contributed by atoms with Gasteiger partial charge in [-0.2, -0.15) is 0 Å². The van der Waals surface area contributed by atoms with Crippen LogP contribution in [0.3, 0.4) is 0 Å². The minimum Gasteiger partial charge on any atom is -0.462 e. The molecule has 3 fully saturated rings. The van der Waals surface area contributed by atoms with Crippen LogP contribution in [0, 0.1) is 17.8 Å². The Bertz CT molecular complexity index is 420. The van der Waals surface area contributed by atoms with Crippen molar-refractivity contribution in [3.05, 3.63) is 0 Å². The SMILES string of the molecule is CC(C1CCCCC1)C([SiH3])(C(=O)OC1CCCCC1)C1CCCCC1. The number of esters is 1. The predicted octanol–water partition coefficient (Wildman–Crippen LogP) is 5.18. The summed E-state index contributed by atoms with van der Waals surface area (Å²) in [5, 5.41) is -0.125. The standard InChI is InChI=1S/C22H40O2Si/c1-17(18-11-5-2-6-12-18)22(25,19-13-7-3-8-14-19)21(23)24-20-15-9-4-10-16-20/h17-20H,2-16H2,1,25H3. The van der Waals surface area contributed by atoms with Crippen LogP contribution in [0.25, 0.3) is 0 Å². The van der Waals surface area contributed by atoms with Crippen LogP contribution >= 0.6 is 0 Å². The summed E-state index contributed by atoms with van der Waals surface area (Å²) in [6.45, 7) is 2.42. The van der Waals surface area contributed by atoms with E-state index < -0.39 is 0 Å². The van der Waals surface area contributed by atoms with Crippen molar-refractivity contribution in [3.8, 4) is 0 Å². The molecule has 3 saturated carbocycles. The summed E-state index contributed by atoms with van der Waals surface area (Å²) in [6, 6.07) is 0. The van der Waals surface area contributed by atoms with Crippen LogP contribution < -0.4 is 0 Å². The van der Waals surface area contributed by atoms with Crippen LogP contribution in [-0.4, -0.2) is 22.3 Å². The number of hydrogen-bond donors (Lipinski definition) is 0. The van der Waals surface area contributed by atoms with Crippen LogP contribution in [0.2, 0.25) is 5.04 Å². The van der Waals surface area contributed by atoms with Gasteiger partial charge in [0.2, 0.25) is 0 Å². The third-order valence-electron chi connectivity index (χ3n) is 8.02. The van der Waals surface area contributed by atoms with Gasteiger partial charge in [-0.25, -0.2) is 0 Å². The van der Waals surface area contributed by atoms with Crippen LogP contribution in [0.1, 0.15) is 103 Å². The van der Waals surface area contributed by atoms with E-state index in [1.807, 2.05) is 0 Å². The molecule has 0 aromatic carbocycles. The van der Waals surface area contributed by atoms with Crippen molar-refractivity contribution in [2.24, 2.45) is 17.8 Å². The summed E-state index contributed by atoms with van der Waals surface area (Å²) in [6.07, 6.45) is 19.6. The molecule has 3 aliphatic carbocycles. The molecule has 3 rings (SSSR count). The quantitative estimate of drug-likeness (QED) is 0.496. The molecule has 144 valence electrons. The van der Waals surface area contributed by atoms with Crippen molar-refractivity contribution in [3.63, 3.8) is 0 Å². The van der Waals surface area contributed by atoms with E-state index in [1.54, 1.807) is 0 Å². The van der Waals surface area contributed by atoms with Gasteiger partial charge in [-0.1, -0.05) is 64.7 Å². The summed E-state index contributed by atoms with van der Waals surface area (Å²) in [5.74, 6) is 2.10. The monoisotopic (exact) mass is 364 g/mol. The number of carbonyl (C=O) groups excluding carboxylic acids is 1. The molecule has 0 bridgehead atoms. The Morgan fingerprint density at radius 1 is 0.840 bits per heavy atom. The Labute approximate surface area is 158 Å². The van der Waals surface area contributed by atoms with E-state index >= 15 is 0 Å². The summed E-state index contributed by atoms with van der Waals surface area (Å²) in [7, 11) is 0.966. The molecule has 0 aromatic heterocycles. The molecular weight excluding hydrogens is 324 g/mol. The molecule has 0 aromatic rings. The van der Waals surface area contributed by atoms with Crippen LogP contribution in [0.15, 0.2) is 0 Å². The second-order valence-electron chi connectivity index (χ2n) is 9.47. The number of carbonyl (C=O) groups is 1. The molecule has 0 radical (unpaired) electrons. The fourth-order valence-corrected chi connectivity index (χ4v) is 7.18. The Balaban J connectivity index is 1.75. The smallest absolute Gasteiger partial charge is 0.309 e. The highest BCUT2D eigenvalue weighted by Crippen LogP contribution is 2.53. The van der Waals surface area contributed by atoms with E-state index in [4.69, 9.17) is 4.74 Å². The maximum absolute atomic E-state index is 13.5. The molecule has 3 heteroatoms. The third-order valence-corrected chi connectivity index (χ3v) is 10.2. The molecule has 2 atom stereocenters. The Kier molecular flexibility index (Phi) is 7.05. The zero-order valence-corrected chi connectivity index (χ0v) is 18.7. The van der Waals surface area contributed by atoms with E-state index in [-0.39, 0.29) is 17.1 Å². The van der Waals surface area contributed by atoms with Gasteiger partial charge in [0.15, 0.2) is 0 Å². The number of ether oxygens (including phenoxy) is 1. The van der Waals surface area contributed by atoms with Crippen molar-refractivity contribution in [2.45, 2.75) is 114 Å². The Morgan fingerprint density at radius 2 is 1.32 bits per heavy atom. The first-order chi connectivity index (χ1) is 12.1. The number of rotatable bonds is 5. The van der Waals surface area contributed by atoms with Crippen molar-refractivity contribution in [1.29, 1.82) is 0 Å². The van der Waals surface area contributed by atoms with Crippen molar-refractivity contribution < 1.29 is 9.53 Å². The van der Waals surface area contributed by atoms with Gasteiger partial charge < -0.3 is 4.74 Å². The molecule has 0 N–H and O–H groups in total. The van der Waals surface area contributed by atoms with Crippen LogP contribution in [-0.2, 0) is 9.53 Å². The molecular formula is C22H40O2Si. The van der Waals surface area contributed by atoms with E-state index in [2.05, 4.69) is 6.92 Å². The van der Waals surface area contributed by atoms with E-state index in [1.165, 1.54) is 83.5 Å². The Morgan fingerprint density at radius 3 is 1.88 bits per heavy atom. The molecule has 25 heavy (non-hydrogen) atoms. The maximum Gasteiger partial charge on any atom is 0.309 e. The summed E-state index contributed by atoms with van der Waals surface area (Å²) in [5.41, 5.74) is 0. The highest BCUT2D eigenvalue weighted by atomic mass is 28.1. The molecule has 0 amide bonds. The average molecular weight is 365 g/mol. The lowest BCUT2D eigenvalue weighted by molar-refractivity contribution is -0.160. The topological polar surface area (TPSA) is 26.3 Å². The van der Waals surface area contributed by atoms with E-state index in [0.717, 1.165) is 29.0 Å². The molecule has 0 spiro atoms. The molecule has 3 aliphatic rings. The van der Waals surface area contributed by atoms with Gasteiger partial charge in [-0.15, -0.1) is 0 Å². The van der Waals surface area contributed by atoms with Gasteiger partial charge in [-0.3, -0.25) is 4.79 Å². The van der Waals surface area contributed by atoms with E-state index in [0.29, 0.717) is 11.8 Å². The fourth-order valence-electron chi connectivity index (χ4n) is 6.01. The minimum absolute atomic E-state index is 0.125. The lowest BCUT2D eigenvalue weighted by Gasteiger charge is -2.46. The zero-order chi connectivity index (χ0) is 17.7. The second-order valence-corrected chi connectivity index (χ2v) is 11.1.